The normalized spacial score (nSPS) is 20.9. The summed E-state index contributed by atoms with van der Waals surface area (Å²) in [5.74, 6) is 0.971. The van der Waals surface area contributed by atoms with E-state index in [-0.39, 0.29) is 18.0 Å². The van der Waals surface area contributed by atoms with Gasteiger partial charge in [0.25, 0.3) is 0 Å². The van der Waals surface area contributed by atoms with E-state index in [0.29, 0.717) is 38.6 Å². The average Bonchev–Trinajstić information content (AvgIpc) is 3.77. The van der Waals surface area contributed by atoms with Crippen molar-refractivity contribution in [2.24, 2.45) is 0 Å². The van der Waals surface area contributed by atoms with Crippen molar-refractivity contribution in [3.8, 4) is 12.1 Å². The van der Waals surface area contributed by atoms with E-state index >= 15 is 0 Å². The Morgan fingerprint density at radius 3 is 2.73 bits per heavy atom. The van der Waals surface area contributed by atoms with Crippen LogP contribution in [0.5, 0.6) is 6.01 Å². The van der Waals surface area contributed by atoms with E-state index in [2.05, 4.69) is 64.5 Å². The molecule has 190 valence electrons. The molecule has 1 N–H and O–H groups in total. The summed E-state index contributed by atoms with van der Waals surface area (Å²) in [5, 5.41) is 15.1. The summed E-state index contributed by atoms with van der Waals surface area (Å²) in [6.45, 7) is 6.23. The third kappa shape index (κ3) is 4.31. The zero-order valence-corrected chi connectivity index (χ0v) is 21.3. The fourth-order valence-corrected chi connectivity index (χ4v) is 5.77. The molecule has 3 aliphatic heterocycles. The minimum Gasteiger partial charge on any atom is -0.467 e. The van der Waals surface area contributed by atoms with Gasteiger partial charge in [-0.1, -0.05) is 30.3 Å². The molecule has 9 heteroatoms. The van der Waals surface area contributed by atoms with Crippen LogP contribution in [0.15, 0.2) is 36.4 Å². The molecule has 3 aliphatic rings. The third-order valence-corrected chi connectivity index (χ3v) is 7.74. The second kappa shape index (κ2) is 9.52. The Balaban J connectivity index is 1.31. The lowest BCUT2D eigenvalue weighted by Crippen LogP contribution is -2.57. The summed E-state index contributed by atoms with van der Waals surface area (Å²) >= 11 is 0. The van der Waals surface area contributed by atoms with Crippen LogP contribution >= 0.6 is 0 Å². The molecule has 3 aromatic rings. The Kier molecular flexibility index (Phi) is 6.05. The first kappa shape index (κ1) is 23.5. The highest BCUT2D eigenvalue weighted by molar-refractivity contribution is 5.97. The summed E-state index contributed by atoms with van der Waals surface area (Å²) in [4.78, 5) is 28.8. The van der Waals surface area contributed by atoms with E-state index < -0.39 is 0 Å². The Morgan fingerprint density at radius 2 is 1.97 bits per heavy atom. The van der Waals surface area contributed by atoms with Crippen molar-refractivity contribution >= 4 is 28.2 Å². The molecule has 1 aromatic heterocycles. The number of benzene rings is 2. The smallest absolute Gasteiger partial charge is 0.318 e. The van der Waals surface area contributed by atoms with Crippen molar-refractivity contribution in [1.82, 2.24) is 20.2 Å². The molecule has 0 unspecified atom stereocenters. The monoisotopic (exact) mass is 497 g/mol. The summed E-state index contributed by atoms with van der Waals surface area (Å²) in [6, 6.07) is 15.3. The summed E-state index contributed by atoms with van der Waals surface area (Å²) in [6.07, 6.45) is 1.11. The van der Waals surface area contributed by atoms with Gasteiger partial charge in [0.1, 0.15) is 5.82 Å². The minimum absolute atomic E-state index is 0.0941. The van der Waals surface area contributed by atoms with Gasteiger partial charge < -0.3 is 24.8 Å². The van der Waals surface area contributed by atoms with Crippen LogP contribution in [0.1, 0.15) is 23.2 Å². The number of nitriles is 1. The molecular weight excluding hydrogens is 466 g/mol. The van der Waals surface area contributed by atoms with Crippen molar-refractivity contribution in [3.05, 3.63) is 53.2 Å². The number of hydrogen-bond acceptors (Lipinski definition) is 8. The van der Waals surface area contributed by atoms with Gasteiger partial charge in [-0.05, 0) is 30.4 Å². The van der Waals surface area contributed by atoms with Crippen LogP contribution in [-0.4, -0.2) is 72.7 Å². The molecule has 2 fully saturated rings. The molecule has 2 aromatic carbocycles. The third-order valence-electron chi connectivity index (χ3n) is 7.74. The summed E-state index contributed by atoms with van der Waals surface area (Å²) in [7, 11) is 1.60. The number of nitrogens with one attached hydrogen (secondary N) is 1. The van der Waals surface area contributed by atoms with Crippen molar-refractivity contribution in [3.63, 3.8) is 0 Å². The molecule has 0 radical (unpaired) electrons. The molecule has 1 amide bonds. The highest BCUT2D eigenvalue weighted by atomic mass is 16.5. The lowest BCUT2D eigenvalue weighted by molar-refractivity contribution is -0.133. The fourth-order valence-electron chi connectivity index (χ4n) is 5.77. The van der Waals surface area contributed by atoms with E-state index in [1.54, 1.807) is 7.11 Å². The maximum atomic E-state index is 12.8. The van der Waals surface area contributed by atoms with Gasteiger partial charge in [0.15, 0.2) is 0 Å². The Bertz CT molecular complexity index is 1390. The van der Waals surface area contributed by atoms with Gasteiger partial charge in [-0.25, -0.2) is 0 Å². The lowest BCUT2D eigenvalue weighted by Gasteiger charge is -2.42. The van der Waals surface area contributed by atoms with Crippen molar-refractivity contribution < 1.29 is 9.53 Å². The first-order valence-corrected chi connectivity index (χ1v) is 12.9. The Labute approximate surface area is 216 Å². The van der Waals surface area contributed by atoms with Gasteiger partial charge in [-0.3, -0.25) is 4.79 Å². The molecule has 2 saturated heterocycles. The number of nitrogens with zero attached hydrogens (tertiary/aromatic N) is 6. The number of aryl methyl sites for hydroxylation is 1. The van der Waals surface area contributed by atoms with Crippen molar-refractivity contribution in [1.29, 1.82) is 5.26 Å². The Morgan fingerprint density at radius 1 is 1.16 bits per heavy atom. The average molecular weight is 498 g/mol. The molecule has 9 nitrogen and oxygen atoms in total. The molecule has 0 spiro atoms. The highest BCUT2D eigenvalue weighted by Crippen LogP contribution is 2.36. The number of amides is 1. The van der Waals surface area contributed by atoms with Crippen molar-refractivity contribution in [2.75, 3.05) is 49.6 Å². The number of carbonyl (C=O) groups excluding carboxylic acids is 1. The largest absolute Gasteiger partial charge is 0.467 e. The van der Waals surface area contributed by atoms with E-state index in [9.17, 15) is 10.1 Å². The predicted molar refractivity (Wildman–Crippen MR) is 142 cm³/mol. The number of aromatic nitrogens is 2. The quantitative estimate of drug-likeness (QED) is 0.536. The SMILES string of the molecule is COc1nc2c(c(N3CCN(C(=O)[C@@H]4CN4)[C@@H](CC#N)C3)n1)CCN(c1cccc3cccc(C)c13)C2. The number of hydrogen-bond donors (Lipinski definition) is 1. The molecule has 2 atom stereocenters. The second-order valence-electron chi connectivity index (χ2n) is 10.0. The topological polar surface area (TPSA) is 108 Å². The van der Waals surface area contributed by atoms with E-state index in [4.69, 9.17) is 14.7 Å². The van der Waals surface area contributed by atoms with Gasteiger partial charge in [0.2, 0.25) is 5.91 Å². The second-order valence-corrected chi connectivity index (χ2v) is 10.0. The van der Waals surface area contributed by atoms with Crippen LogP contribution in [0.25, 0.3) is 10.8 Å². The standard InChI is InChI=1S/C28H31N7O2/c1-18-5-3-6-19-7-4-8-24(25(18)19)33-12-10-21-23(17-33)31-28(37-2)32-26(21)34-13-14-35(20(16-34)9-11-29)27(36)22-15-30-22/h3-8,20,22,30H,9-10,12-17H2,1-2H3/t20-,22-/m0/s1. The van der Waals surface area contributed by atoms with Crippen LogP contribution in [0, 0.1) is 18.3 Å². The van der Waals surface area contributed by atoms with Crippen molar-refractivity contribution in [2.45, 2.75) is 38.4 Å². The predicted octanol–water partition coefficient (Wildman–Crippen LogP) is 2.41. The molecule has 6 rings (SSSR count). The van der Waals surface area contributed by atoms with Gasteiger partial charge in [0, 0.05) is 49.4 Å². The molecule has 4 heterocycles. The van der Waals surface area contributed by atoms with Gasteiger partial charge >= 0.3 is 6.01 Å². The van der Waals surface area contributed by atoms with Crippen LogP contribution in [0.4, 0.5) is 11.5 Å². The maximum absolute atomic E-state index is 12.8. The zero-order valence-electron chi connectivity index (χ0n) is 21.3. The molecule has 0 aliphatic carbocycles. The summed E-state index contributed by atoms with van der Waals surface area (Å²) in [5.41, 5.74) is 4.58. The van der Waals surface area contributed by atoms with Crippen LogP contribution < -0.4 is 19.9 Å². The van der Waals surface area contributed by atoms with Gasteiger partial charge in [0.05, 0.1) is 43.9 Å². The number of rotatable bonds is 5. The number of piperazine rings is 1. The van der Waals surface area contributed by atoms with Crippen LogP contribution in [0.3, 0.4) is 0 Å². The number of ether oxygens (including phenoxy) is 1. The maximum Gasteiger partial charge on any atom is 0.318 e. The number of carbonyl (C=O) groups is 1. The number of anilines is 2. The number of methoxy groups -OCH3 is 1. The lowest BCUT2D eigenvalue weighted by atomic mass is 9.99. The van der Waals surface area contributed by atoms with Crippen LogP contribution in [0.2, 0.25) is 0 Å². The van der Waals surface area contributed by atoms with E-state index in [0.717, 1.165) is 36.6 Å². The first-order chi connectivity index (χ1) is 18.1. The van der Waals surface area contributed by atoms with Crippen LogP contribution in [-0.2, 0) is 17.8 Å². The molecule has 0 saturated carbocycles. The highest BCUT2D eigenvalue weighted by Gasteiger charge is 2.39. The van der Waals surface area contributed by atoms with Gasteiger partial charge in [-0.15, -0.1) is 0 Å². The fraction of sp³-hybridized carbons (Fsp3) is 0.429. The van der Waals surface area contributed by atoms with E-state index in [1.165, 1.54) is 22.0 Å². The number of fused-ring (bicyclic) bond motifs is 2. The molecule has 0 bridgehead atoms. The van der Waals surface area contributed by atoms with E-state index in [1.807, 2.05) is 4.90 Å². The first-order valence-electron chi connectivity index (χ1n) is 12.9. The summed E-state index contributed by atoms with van der Waals surface area (Å²) < 4.78 is 5.52. The van der Waals surface area contributed by atoms with Gasteiger partial charge in [-0.2, -0.15) is 15.2 Å². The molecule has 37 heavy (non-hydrogen) atoms. The Hall–Kier alpha value is -3.90. The minimum atomic E-state index is -0.163. The molecular formula is C28H31N7O2. The zero-order chi connectivity index (χ0) is 25.5.